The Morgan fingerprint density at radius 2 is 2.39 bits per heavy atom. The van der Waals surface area contributed by atoms with Crippen molar-refractivity contribution in [2.24, 2.45) is 0 Å². The molecule has 96 valence electrons. The Hall–Kier alpha value is -1.63. The maximum Gasteiger partial charge on any atom is 0.337 e. The number of aromatic carboxylic acids is 1. The number of carbonyl (C=O) groups is 1. The molecule has 0 saturated carbocycles. The van der Waals surface area contributed by atoms with Gasteiger partial charge in [-0.3, -0.25) is 0 Å². The molecule has 18 heavy (non-hydrogen) atoms. The normalized spacial score (nSPS) is 10.8. The molecule has 0 bridgehead atoms. The van der Waals surface area contributed by atoms with Crippen molar-refractivity contribution >= 4 is 21.9 Å². The number of carboxylic acids is 1. The van der Waals surface area contributed by atoms with Gasteiger partial charge in [-0.15, -0.1) is 0 Å². The monoisotopic (exact) mass is 313 g/mol. The van der Waals surface area contributed by atoms with Gasteiger partial charge < -0.3 is 14.2 Å². The fourth-order valence-corrected chi connectivity index (χ4v) is 2.02. The Balaban J connectivity index is 2.14. The number of halogens is 1. The number of aryl methyl sites for hydroxylation is 1. The first-order valence-electron chi connectivity index (χ1n) is 5.50. The van der Waals surface area contributed by atoms with E-state index in [1.54, 1.807) is 4.57 Å². The van der Waals surface area contributed by atoms with Crippen molar-refractivity contribution in [1.29, 1.82) is 0 Å². The van der Waals surface area contributed by atoms with E-state index in [2.05, 4.69) is 26.1 Å². The highest BCUT2D eigenvalue weighted by molar-refractivity contribution is 9.10. The third-order valence-electron chi connectivity index (χ3n) is 2.38. The summed E-state index contributed by atoms with van der Waals surface area (Å²) >= 11 is 3.29. The smallest absolute Gasteiger partial charge is 0.337 e. The van der Waals surface area contributed by atoms with Gasteiger partial charge in [-0.2, -0.15) is 4.98 Å². The lowest BCUT2D eigenvalue weighted by atomic mass is 10.3. The summed E-state index contributed by atoms with van der Waals surface area (Å²) in [4.78, 5) is 15.0. The summed E-state index contributed by atoms with van der Waals surface area (Å²) in [6, 6.07) is 1.53. The van der Waals surface area contributed by atoms with Gasteiger partial charge in [0, 0.05) is 12.6 Å². The van der Waals surface area contributed by atoms with Crippen LogP contribution < -0.4 is 0 Å². The molecule has 0 aliphatic rings. The summed E-state index contributed by atoms with van der Waals surface area (Å²) in [6.07, 6.45) is 3.25. The van der Waals surface area contributed by atoms with Gasteiger partial charge in [-0.25, -0.2) is 4.79 Å². The molecule has 0 fully saturated rings. The first-order chi connectivity index (χ1) is 8.60. The van der Waals surface area contributed by atoms with Crippen molar-refractivity contribution in [2.75, 3.05) is 0 Å². The van der Waals surface area contributed by atoms with Crippen LogP contribution in [0.3, 0.4) is 0 Å². The lowest BCUT2D eigenvalue weighted by Gasteiger charge is -1.98. The molecule has 0 aliphatic heterocycles. The molecule has 0 spiro atoms. The van der Waals surface area contributed by atoms with Crippen LogP contribution >= 0.6 is 15.9 Å². The van der Waals surface area contributed by atoms with Gasteiger partial charge in [0.2, 0.25) is 5.89 Å². The zero-order valence-electron chi connectivity index (χ0n) is 9.76. The summed E-state index contributed by atoms with van der Waals surface area (Å²) in [5.74, 6) is 0.174. The highest BCUT2D eigenvalue weighted by atomic mass is 79.9. The average molecular weight is 314 g/mol. The number of carboxylic acid groups (broad SMARTS) is 1. The zero-order chi connectivity index (χ0) is 13.1. The van der Waals surface area contributed by atoms with E-state index in [-0.39, 0.29) is 5.56 Å². The minimum Gasteiger partial charge on any atom is -0.478 e. The first kappa shape index (κ1) is 12.8. The molecule has 0 radical (unpaired) electrons. The third kappa shape index (κ3) is 2.79. The lowest BCUT2D eigenvalue weighted by molar-refractivity contribution is 0.0697. The van der Waals surface area contributed by atoms with Crippen molar-refractivity contribution in [2.45, 2.75) is 26.3 Å². The molecule has 0 unspecified atom stereocenters. The molecule has 0 saturated heterocycles. The Kier molecular flexibility index (Phi) is 3.81. The summed E-state index contributed by atoms with van der Waals surface area (Å²) in [6.45, 7) is 2.39. The van der Waals surface area contributed by atoms with E-state index in [0.29, 0.717) is 22.9 Å². The Labute approximate surface area is 112 Å². The number of hydrogen-bond acceptors (Lipinski definition) is 4. The summed E-state index contributed by atoms with van der Waals surface area (Å²) in [7, 11) is 0. The van der Waals surface area contributed by atoms with Crippen molar-refractivity contribution in [1.82, 2.24) is 14.7 Å². The zero-order valence-corrected chi connectivity index (χ0v) is 11.3. The van der Waals surface area contributed by atoms with E-state index in [0.717, 1.165) is 12.8 Å². The predicted octanol–water partition coefficient (Wildman–Crippen LogP) is 2.33. The topological polar surface area (TPSA) is 81.2 Å². The number of hydrogen-bond donors (Lipinski definition) is 1. The molecule has 2 heterocycles. The molecular weight excluding hydrogens is 302 g/mol. The van der Waals surface area contributed by atoms with Crippen LogP contribution in [0.25, 0.3) is 0 Å². The van der Waals surface area contributed by atoms with E-state index in [1.807, 2.05) is 6.92 Å². The fraction of sp³-hybridized carbons (Fsp3) is 0.364. The van der Waals surface area contributed by atoms with Gasteiger partial charge in [0.15, 0.2) is 5.82 Å². The number of rotatable bonds is 5. The maximum atomic E-state index is 10.8. The minimum absolute atomic E-state index is 0.218. The molecule has 6 nitrogen and oxygen atoms in total. The Bertz CT molecular complexity index is 562. The molecule has 0 aliphatic carbocycles. The summed E-state index contributed by atoms with van der Waals surface area (Å²) in [5, 5.41) is 12.7. The van der Waals surface area contributed by atoms with Crippen molar-refractivity contribution < 1.29 is 14.4 Å². The molecule has 2 rings (SSSR count). The lowest BCUT2D eigenvalue weighted by Crippen LogP contribution is -2.00. The van der Waals surface area contributed by atoms with E-state index >= 15 is 0 Å². The second kappa shape index (κ2) is 5.34. The van der Waals surface area contributed by atoms with Crippen LogP contribution in [0, 0.1) is 0 Å². The second-order valence-corrected chi connectivity index (χ2v) is 4.65. The van der Waals surface area contributed by atoms with Gasteiger partial charge in [0.1, 0.15) is 6.54 Å². The minimum atomic E-state index is -0.966. The van der Waals surface area contributed by atoms with Gasteiger partial charge in [0.05, 0.1) is 10.2 Å². The van der Waals surface area contributed by atoms with Crippen molar-refractivity contribution in [3.05, 3.63) is 34.1 Å². The van der Waals surface area contributed by atoms with Gasteiger partial charge >= 0.3 is 5.97 Å². The van der Waals surface area contributed by atoms with E-state index < -0.39 is 5.97 Å². The third-order valence-corrected chi connectivity index (χ3v) is 3.06. The summed E-state index contributed by atoms with van der Waals surface area (Å²) < 4.78 is 7.46. The molecule has 2 aromatic rings. The van der Waals surface area contributed by atoms with Crippen LogP contribution in [0.2, 0.25) is 0 Å². The van der Waals surface area contributed by atoms with Gasteiger partial charge in [-0.1, -0.05) is 12.1 Å². The first-order valence-corrected chi connectivity index (χ1v) is 6.30. The Morgan fingerprint density at radius 1 is 1.61 bits per heavy atom. The SMILES string of the molecule is CCCc1noc(Cn2cc(C(=O)O)cc2Br)n1. The summed E-state index contributed by atoms with van der Waals surface area (Å²) in [5.41, 5.74) is 0.218. The molecule has 0 amide bonds. The molecule has 1 N–H and O–H groups in total. The largest absolute Gasteiger partial charge is 0.478 e. The number of aromatic nitrogens is 3. The van der Waals surface area contributed by atoms with E-state index in [9.17, 15) is 4.79 Å². The average Bonchev–Trinajstić information content (AvgIpc) is 2.88. The Morgan fingerprint density at radius 3 is 3.00 bits per heavy atom. The molecule has 0 aromatic carbocycles. The van der Waals surface area contributed by atoms with Crippen LogP contribution in [-0.4, -0.2) is 25.8 Å². The molecule has 0 atom stereocenters. The fourth-order valence-electron chi connectivity index (χ4n) is 1.54. The van der Waals surface area contributed by atoms with Crippen LogP contribution in [0.15, 0.2) is 21.4 Å². The quantitative estimate of drug-likeness (QED) is 0.916. The van der Waals surface area contributed by atoms with Gasteiger partial charge in [-0.05, 0) is 28.4 Å². The van der Waals surface area contributed by atoms with Crippen molar-refractivity contribution in [3.8, 4) is 0 Å². The highest BCUT2D eigenvalue weighted by Gasteiger charge is 2.12. The van der Waals surface area contributed by atoms with Crippen molar-refractivity contribution in [3.63, 3.8) is 0 Å². The number of nitrogens with zero attached hydrogens (tertiary/aromatic N) is 3. The van der Waals surface area contributed by atoms with Gasteiger partial charge in [0.25, 0.3) is 0 Å². The molecular formula is C11H12BrN3O3. The predicted molar refractivity (Wildman–Crippen MR) is 66.5 cm³/mol. The second-order valence-electron chi connectivity index (χ2n) is 3.84. The maximum absolute atomic E-state index is 10.8. The highest BCUT2D eigenvalue weighted by Crippen LogP contribution is 2.17. The van der Waals surface area contributed by atoms with Crippen LogP contribution in [0.5, 0.6) is 0 Å². The molecule has 7 heteroatoms. The molecule has 2 aromatic heterocycles. The standard InChI is InChI=1S/C11H12BrN3O3/c1-2-3-9-13-10(18-14-9)6-15-5-7(11(16)17)4-8(15)12/h4-5H,2-3,6H2,1H3,(H,16,17). The van der Waals surface area contributed by atoms with Crippen LogP contribution in [0.4, 0.5) is 0 Å². The van der Waals surface area contributed by atoms with E-state index in [1.165, 1.54) is 12.3 Å². The van der Waals surface area contributed by atoms with Crippen LogP contribution in [0.1, 0.15) is 35.4 Å². The van der Waals surface area contributed by atoms with Crippen LogP contribution in [-0.2, 0) is 13.0 Å². The van der Waals surface area contributed by atoms with E-state index in [4.69, 9.17) is 9.63 Å².